The molecule has 1 rings (SSSR count). The number of sulfone groups is 1. The molecule has 0 radical (unpaired) electrons. The molecule has 70 valence electrons. The number of ether oxygens (including phenoxy) is 1. The third-order valence-corrected chi connectivity index (χ3v) is 4.03. The Labute approximate surface area is 71.8 Å². The number of carbonyl (C=O) groups excluding carboxylic acids is 1. The first kappa shape index (κ1) is 9.67. The van der Waals surface area contributed by atoms with Gasteiger partial charge in [-0.05, 0) is 6.42 Å². The van der Waals surface area contributed by atoms with E-state index in [9.17, 15) is 13.2 Å². The zero-order valence-corrected chi connectivity index (χ0v) is 7.76. The predicted molar refractivity (Wildman–Crippen MR) is 43.7 cm³/mol. The normalized spacial score (nSPS) is 33.4. The summed E-state index contributed by atoms with van der Waals surface area (Å²) in [6.45, 7) is 0. The van der Waals surface area contributed by atoms with Crippen molar-refractivity contribution in [3.8, 4) is 0 Å². The zero-order valence-electron chi connectivity index (χ0n) is 6.95. The molecule has 1 aliphatic rings. The fourth-order valence-corrected chi connectivity index (χ4v) is 3.45. The Hall–Kier alpha value is -0.420. The molecule has 0 aromatic rings. The second-order valence-electron chi connectivity index (χ2n) is 3.10. The van der Waals surface area contributed by atoms with Crippen LogP contribution >= 0.6 is 0 Å². The molecule has 1 fully saturated rings. The van der Waals surface area contributed by atoms with Crippen LogP contribution in [0.3, 0.4) is 0 Å². The molecular formula is C7H12O4S. The number of rotatable bonds is 3. The molecule has 0 spiro atoms. The molecule has 0 aromatic carbocycles. The smallest absolute Gasteiger partial charge is 0.153 e. The van der Waals surface area contributed by atoms with Crippen LogP contribution in [0.25, 0.3) is 0 Å². The van der Waals surface area contributed by atoms with Crippen LogP contribution < -0.4 is 0 Å². The van der Waals surface area contributed by atoms with Gasteiger partial charge in [0.05, 0.1) is 17.1 Å². The molecule has 5 heteroatoms. The number of methoxy groups -OCH3 is 1. The Kier molecular flexibility index (Phi) is 2.53. The molecule has 0 amide bonds. The van der Waals surface area contributed by atoms with Gasteiger partial charge in [0.2, 0.25) is 0 Å². The zero-order chi connectivity index (χ0) is 9.24. The van der Waals surface area contributed by atoms with E-state index in [4.69, 9.17) is 4.74 Å². The largest absolute Gasteiger partial charge is 0.377 e. The summed E-state index contributed by atoms with van der Waals surface area (Å²) in [6, 6.07) is 0. The molecule has 0 aliphatic carbocycles. The molecule has 1 aliphatic heterocycles. The highest BCUT2D eigenvalue weighted by molar-refractivity contribution is 7.91. The van der Waals surface area contributed by atoms with Gasteiger partial charge in [-0.2, -0.15) is 0 Å². The summed E-state index contributed by atoms with van der Waals surface area (Å²) in [4.78, 5) is 10.3. The van der Waals surface area contributed by atoms with Gasteiger partial charge in [0, 0.05) is 13.5 Å². The van der Waals surface area contributed by atoms with Crippen molar-refractivity contribution in [2.24, 2.45) is 0 Å². The molecule has 0 bridgehead atoms. The third kappa shape index (κ3) is 1.84. The molecular weight excluding hydrogens is 180 g/mol. The van der Waals surface area contributed by atoms with Crippen LogP contribution in [0, 0.1) is 0 Å². The van der Waals surface area contributed by atoms with E-state index in [1.54, 1.807) is 0 Å². The van der Waals surface area contributed by atoms with Crippen LogP contribution in [0.2, 0.25) is 0 Å². The fraction of sp³-hybridized carbons (Fsp3) is 0.857. The van der Waals surface area contributed by atoms with Crippen LogP contribution in [0.4, 0.5) is 0 Å². The standard InChI is InChI=1S/C7H12O4S/c1-11-7(2-4-8)3-5-12(9,10)6-7/h4H,2-3,5-6H2,1H3. The number of hydrogen-bond donors (Lipinski definition) is 0. The van der Waals surface area contributed by atoms with Crippen LogP contribution in [0.15, 0.2) is 0 Å². The van der Waals surface area contributed by atoms with Gasteiger partial charge < -0.3 is 9.53 Å². The minimum absolute atomic E-state index is 0.0186. The van der Waals surface area contributed by atoms with Gasteiger partial charge in [-0.1, -0.05) is 0 Å². The minimum atomic E-state index is -2.97. The number of aldehydes is 1. The minimum Gasteiger partial charge on any atom is -0.377 e. The van der Waals surface area contributed by atoms with Crippen molar-refractivity contribution in [3.63, 3.8) is 0 Å². The molecule has 4 nitrogen and oxygen atoms in total. The SMILES string of the molecule is COC1(CC=O)CCS(=O)(=O)C1. The molecule has 0 aromatic heterocycles. The molecule has 0 N–H and O–H groups in total. The van der Waals surface area contributed by atoms with E-state index in [0.29, 0.717) is 12.7 Å². The maximum Gasteiger partial charge on any atom is 0.153 e. The first-order chi connectivity index (χ1) is 5.54. The first-order valence-electron chi connectivity index (χ1n) is 3.73. The summed E-state index contributed by atoms with van der Waals surface area (Å²) in [5.74, 6) is 0.115. The van der Waals surface area contributed by atoms with E-state index >= 15 is 0 Å². The lowest BCUT2D eigenvalue weighted by molar-refractivity contribution is -0.112. The topological polar surface area (TPSA) is 60.4 Å². The quantitative estimate of drug-likeness (QED) is 0.580. The van der Waals surface area contributed by atoms with Crippen molar-refractivity contribution >= 4 is 16.1 Å². The third-order valence-electron chi connectivity index (χ3n) is 2.24. The van der Waals surface area contributed by atoms with Gasteiger partial charge in [-0.25, -0.2) is 8.42 Å². The summed E-state index contributed by atoms with van der Waals surface area (Å²) >= 11 is 0. The van der Waals surface area contributed by atoms with E-state index in [1.165, 1.54) is 7.11 Å². The van der Waals surface area contributed by atoms with Gasteiger partial charge in [-0.3, -0.25) is 0 Å². The average Bonchev–Trinajstić information content (AvgIpc) is 2.29. The summed E-state index contributed by atoms with van der Waals surface area (Å²) < 4.78 is 27.2. The van der Waals surface area contributed by atoms with Gasteiger partial charge in [0.15, 0.2) is 9.84 Å². The lowest BCUT2D eigenvalue weighted by Gasteiger charge is -2.22. The number of hydrogen-bond acceptors (Lipinski definition) is 4. The van der Waals surface area contributed by atoms with Crippen LogP contribution in [0.5, 0.6) is 0 Å². The highest BCUT2D eigenvalue weighted by Gasteiger charge is 2.42. The number of carbonyl (C=O) groups is 1. The molecule has 12 heavy (non-hydrogen) atoms. The second-order valence-corrected chi connectivity index (χ2v) is 5.28. The first-order valence-corrected chi connectivity index (χ1v) is 5.55. The Morgan fingerprint density at radius 1 is 1.58 bits per heavy atom. The Bertz CT molecular complexity index is 269. The Morgan fingerprint density at radius 3 is 2.58 bits per heavy atom. The van der Waals surface area contributed by atoms with Gasteiger partial charge in [0.25, 0.3) is 0 Å². The van der Waals surface area contributed by atoms with Crippen molar-refractivity contribution in [2.75, 3.05) is 18.6 Å². The lowest BCUT2D eigenvalue weighted by Crippen LogP contribution is -2.33. The van der Waals surface area contributed by atoms with Crippen molar-refractivity contribution < 1.29 is 17.9 Å². The van der Waals surface area contributed by atoms with Crippen molar-refractivity contribution in [3.05, 3.63) is 0 Å². The lowest BCUT2D eigenvalue weighted by atomic mass is 10.0. The van der Waals surface area contributed by atoms with E-state index < -0.39 is 15.4 Å². The van der Waals surface area contributed by atoms with Crippen LogP contribution in [0.1, 0.15) is 12.8 Å². The molecule has 1 unspecified atom stereocenters. The summed E-state index contributed by atoms with van der Waals surface area (Å²) in [6.07, 6.45) is 1.32. The maximum atomic E-state index is 11.1. The Balaban J connectivity index is 2.79. The van der Waals surface area contributed by atoms with Crippen molar-refractivity contribution in [1.29, 1.82) is 0 Å². The summed E-state index contributed by atoms with van der Waals surface area (Å²) in [5.41, 5.74) is -0.736. The second kappa shape index (κ2) is 3.14. The molecule has 1 heterocycles. The monoisotopic (exact) mass is 192 g/mol. The van der Waals surface area contributed by atoms with Crippen molar-refractivity contribution in [2.45, 2.75) is 18.4 Å². The van der Waals surface area contributed by atoms with E-state index in [1.807, 2.05) is 0 Å². The molecule has 0 saturated carbocycles. The predicted octanol–water partition coefficient (Wildman–Crippen LogP) is -0.221. The molecule has 1 saturated heterocycles. The average molecular weight is 192 g/mol. The molecule has 1 atom stereocenters. The van der Waals surface area contributed by atoms with Crippen molar-refractivity contribution in [1.82, 2.24) is 0 Å². The van der Waals surface area contributed by atoms with Crippen LogP contribution in [-0.4, -0.2) is 38.9 Å². The Morgan fingerprint density at radius 2 is 2.25 bits per heavy atom. The van der Waals surface area contributed by atoms with Gasteiger partial charge in [0.1, 0.15) is 6.29 Å². The van der Waals surface area contributed by atoms with E-state index in [-0.39, 0.29) is 17.9 Å². The summed E-state index contributed by atoms with van der Waals surface area (Å²) in [5, 5.41) is 0. The highest BCUT2D eigenvalue weighted by atomic mass is 32.2. The highest BCUT2D eigenvalue weighted by Crippen LogP contribution is 2.28. The van der Waals surface area contributed by atoms with Crippen LogP contribution in [-0.2, 0) is 19.4 Å². The van der Waals surface area contributed by atoms with E-state index in [0.717, 1.165) is 0 Å². The fourth-order valence-electron chi connectivity index (χ4n) is 1.44. The van der Waals surface area contributed by atoms with E-state index in [2.05, 4.69) is 0 Å². The van der Waals surface area contributed by atoms with Gasteiger partial charge in [-0.15, -0.1) is 0 Å². The maximum absolute atomic E-state index is 11.1. The van der Waals surface area contributed by atoms with Gasteiger partial charge >= 0.3 is 0 Å². The summed E-state index contributed by atoms with van der Waals surface area (Å²) in [7, 11) is -1.52.